The summed E-state index contributed by atoms with van der Waals surface area (Å²) in [6.07, 6.45) is 1.51. The van der Waals surface area contributed by atoms with Crippen molar-refractivity contribution in [1.82, 2.24) is 15.1 Å². The summed E-state index contributed by atoms with van der Waals surface area (Å²) < 4.78 is 27.3. The van der Waals surface area contributed by atoms with Gasteiger partial charge in [0, 0.05) is 47.7 Å². The highest BCUT2D eigenvalue weighted by Gasteiger charge is 2.20. The van der Waals surface area contributed by atoms with Crippen LogP contribution in [-0.2, 0) is 14.9 Å². The summed E-state index contributed by atoms with van der Waals surface area (Å²) in [5.41, 5.74) is 1.87. The number of anilines is 2. The van der Waals surface area contributed by atoms with E-state index >= 15 is 0 Å². The second-order valence-corrected chi connectivity index (χ2v) is 10.8. The first-order chi connectivity index (χ1) is 19.3. The quantitative estimate of drug-likeness (QED) is 0.161. The molecule has 212 valence electrons. The number of methoxy groups -OCH3 is 2. The molecular weight excluding hydrogens is 534 g/mol. The Hall–Kier alpha value is -3.87. The fourth-order valence-electron chi connectivity index (χ4n) is 3.53. The summed E-state index contributed by atoms with van der Waals surface area (Å²) in [6, 6.07) is 12.4. The normalized spacial score (nSPS) is 11.4. The summed E-state index contributed by atoms with van der Waals surface area (Å²) in [6.45, 7) is 7.66. The highest BCUT2D eigenvalue weighted by molar-refractivity contribution is 7.99. The average molecular weight is 568 g/mol. The molecule has 0 saturated carbocycles. The molecule has 4 rings (SSSR count). The van der Waals surface area contributed by atoms with Crippen LogP contribution in [0.2, 0.25) is 0 Å². The van der Waals surface area contributed by atoms with E-state index in [2.05, 4.69) is 25.8 Å². The summed E-state index contributed by atoms with van der Waals surface area (Å²) in [5, 5.41) is 11.1. The lowest BCUT2D eigenvalue weighted by atomic mass is 9.92. The Labute approximate surface area is 236 Å². The van der Waals surface area contributed by atoms with Crippen LogP contribution in [0.25, 0.3) is 10.9 Å². The summed E-state index contributed by atoms with van der Waals surface area (Å²) in [5.74, 6) is 1.40. The van der Waals surface area contributed by atoms with Crippen LogP contribution in [0, 0.1) is 0 Å². The minimum absolute atomic E-state index is 0.188. The van der Waals surface area contributed by atoms with Gasteiger partial charge in [0.05, 0.1) is 24.4 Å². The highest BCUT2D eigenvalue weighted by Crippen LogP contribution is 2.38. The zero-order valence-electron chi connectivity index (χ0n) is 23.1. The Kier molecular flexibility index (Phi) is 9.80. The fraction of sp³-hybridized carbons (Fsp3) is 0.357. The van der Waals surface area contributed by atoms with E-state index in [9.17, 15) is 4.79 Å². The predicted octanol–water partition coefficient (Wildman–Crippen LogP) is 5.76. The van der Waals surface area contributed by atoms with Crippen LogP contribution in [0.15, 0.2) is 63.2 Å². The van der Waals surface area contributed by atoms with E-state index in [4.69, 9.17) is 23.5 Å². The standard InChI is InChI=1S/C28H33N5O6S/c1-28(2,3)24-16-25(39-33-24)32-27(34)31-18-7-6-8-19(13-18)40-26-20-14-22(37-11-9-35-4)23(38-12-10-36-5)15-21(20)29-17-30-26/h6-8,13-17H,9-12H2,1-5H3,(H2,31,32,34). The highest BCUT2D eigenvalue weighted by atomic mass is 32.2. The van der Waals surface area contributed by atoms with Gasteiger partial charge in [0.1, 0.15) is 24.6 Å². The Morgan fingerprint density at radius 3 is 2.33 bits per heavy atom. The Balaban J connectivity index is 1.51. The van der Waals surface area contributed by atoms with Gasteiger partial charge in [-0.3, -0.25) is 5.32 Å². The van der Waals surface area contributed by atoms with E-state index in [1.807, 2.05) is 51.1 Å². The van der Waals surface area contributed by atoms with Crippen molar-refractivity contribution in [2.75, 3.05) is 51.3 Å². The number of carbonyl (C=O) groups is 1. The van der Waals surface area contributed by atoms with E-state index in [0.29, 0.717) is 49.1 Å². The average Bonchev–Trinajstić information content (AvgIpc) is 3.39. The number of carbonyl (C=O) groups excluding carboxylic acids is 1. The summed E-state index contributed by atoms with van der Waals surface area (Å²) >= 11 is 1.44. The number of nitrogens with one attached hydrogen (secondary N) is 2. The predicted molar refractivity (Wildman–Crippen MR) is 153 cm³/mol. The lowest BCUT2D eigenvalue weighted by molar-refractivity contribution is 0.132. The molecule has 0 aliphatic heterocycles. The maximum absolute atomic E-state index is 12.6. The van der Waals surface area contributed by atoms with Crippen molar-refractivity contribution in [3.8, 4) is 11.5 Å². The van der Waals surface area contributed by atoms with Gasteiger partial charge >= 0.3 is 6.03 Å². The van der Waals surface area contributed by atoms with Gasteiger partial charge in [0.25, 0.3) is 0 Å². The van der Waals surface area contributed by atoms with Crippen LogP contribution in [0.1, 0.15) is 26.5 Å². The topological polar surface area (TPSA) is 130 Å². The molecule has 0 aliphatic carbocycles. The van der Waals surface area contributed by atoms with Crippen molar-refractivity contribution in [3.63, 3.8) is 0 Å². The number of nitrogens with zero attached hydrogens (tertiary/aromatic N) is 3. The minimum atomic E-state index is -0.440. The molecule has 40 heavy (non-hydrogen) atoms. The number of hydrogen-bond donors (Lipinski definition) is 2. The molecule has 2 aromatic heterocycles. The Morgan fingerprint density at radius 1 is 0.925 bits per heavy atom. The Bertz CT molecular complexity index is 1440. The van der Waals surface area contributed by atoms with Crippen molar-refractivity contribution in [2.24, 2.45) is 0 Å². The van der Waals surface area contributed by atoms with E-state index in [-0.39, 0.29) is 11.3 Å². The van der Waals surface area contributed by atoms with Gasteiger partial charge in [-0.15, -0.1) is 0 Å². The molecule has 2 heterocycles. The number of aromatic nitrogens is 3. The Morgan fingerprint density at radius 2 is 1.65 bits per heavy atom. The molecule has 0 bridgehead atoms. The molecular formula is C28H33N5O6S. The van der Waals surface area contributed by atoms with Gasteiger partial charge in [-0.25, -0.2) is 14.8 Å². The molecule has 2 aromatic carbocycles. The smallest absolute Gasteiger partial charge is 0.326 e. The van der Waals surface area contributed by atoms with Gasteiger partial charge in [-0.1, -0.05) is 43.8 Å². The second kappa shape index (κ2) is 13.5. The van der Waals surface area contributed by atoms with E-state index < -0.39 is 6.03 Å². The SMILES string of the molecule is COCCOc1cc2ncnc(Sc3cccc(NC(=O)Nc4cc(C(C)(C)C)no4)c3)c2cc1OCCOC. The van der Waals surface area contributed by atoms with Crippen LogP contribution in [0.4, 0.5) is 16.4 Å². The van der Waals surface area contributed by atoms with Crippen LogP contribution in [0.3, 0.4) is 0 Å². The van der Waals surface area contributed by atoms with Gasteiger partial charge in [0.2, 0.25) is 5.88 Å². The maximum atomic E-state index is 12.6. The lowest BCUT2D eigenvalue weighted by Crippen LogP contribution is -2.19. The third-order valence-electron chi connectivity index (χ3n) is 5.58. The van der Waals surface area contributed by atoms with Crippen LogP contribution in [-0.4, -0.2) is 61.8 Å². The number of amides is 2. The van der Waals surface area contributed by atoms with Crippen LogP contribution < -0.4 is 20.1 Å². The van der Waals surface area contributed by atoms with Gasteiger partial charge < -0.3 is 28.8 Å². The fourth-order valence-corrected chi connectivity index (χ4v) is 4.46. The van der Waals surface area contributed by atoms with Crippen LogP contribution >= 0.6 is 11.8 Å². The van der Waals surface area contributed by atoms with E-state index in [1.165, 1.54) is 18.1 Å². The minimum Gasteiger partial charge on any atom is -0.487 e. The molecule has 0 radical (unpaired) electrons. The number of fused-ring (bicyclic) bond motifs is 1. The van der Waals surface area contributed by atoms with Crippen LogP contribution in [0.5, 0.6) is 11.5 Å². The second-order valence-electron chi connectivity index (χ2n) is 9.71. The van der Waals surface area contributed by atoms with Crippen molar-refractivity contribution < 1.29 is 28.3 Å². The summed E-state index contributed by atoms with van der Waals surface area (Å²) in [4.78, 5) is 22.4. The monoisotopic (exact) mass is 567 g/mol. The number of urea groups is 1. The lowest BCUT2D eigenvalue weighted by Gasteiger charge is -2.14. The molecule has 2 amide bonds. The van der Waals surface area contributed by atoms with Gasteiger partial charge in [0.15, 0.2) is 11.5 Å². The van der Waals surface area contributed by atoms with E-state index in [1.54, 1.807) is 26.4 Å². The van der Waals surface area contributed by atoms with Crippen molar-refractivity contribution in [2.45, 2.75) is 36.1 Å². The molecule has 12 heteroatoms. The zero-order chi connectivity index (χ0) is 28.5. The molecule has 4 aromatic rings. The van der Waals surface area contributed by atoms with Crippen molar-refractivity contribution in [1.29, 1.82) is 0 Å². The first-order valence-corrected chi connectivity index (χ1v) is 13.4. The van der Waals surface area contributed by atoms with Crippen molar-refractivity contribution >= 4 is 40.3 Å². The largest absolute Gasteiger partial charge is 0.487 e. The molecule has 0 unspecified atom stereocenters. The molecule has 0 atom stereocenters. The first-order valence-electron chi connectivity index (χ1n) is 12.6. The number of benzene rings is 2. The number of rotatable bonds is 12. The van der Waals surface area contributed by atoms with E-state index in [0.717, 1.165) is 21.0 Å². The molecule has 2 N–H and O–H groups in total. The molecule has 0 fully saturated rings. The number of ether oxygens (including phenoxy) is 4. The number of hydrogen-bond acceptors (Lipinski definition) is 10. The molecule has 0 saturated heterocycles. The third kappa shape index (κ3) is 7.84. The van der Waals surface area contributed by atoms with Gasteiger partial charge in [-0.2, -0.15) is 0 Å². The molecule has 0 spiro atoms. The molecule has 11 nitrogen and oxygen atoms in total. The zero-order valence-corrected chi connectivity index (χ0v) is 24.0. The third-order valence-corrected chi connectivity index (χ3v) is 6.58. The summed E-state index contributed by atoms with van der Waals surface area (Å²) in [7, 11) is 3.23. The maximum Gasteiger partial charge on any atom is 0.326 e. The van der Waals surface area contributed by atoms with Crippen molar-refractivity contribution in [3.05, 3.63) is 54.5 Å². The molecule has 0 aliphatic rings. The first kappa shape index (κ1) is 29.1. The van der Waals surface area contributed by atoms with Gasteiger partial charge in [-0.05, 0) is 24.3 Å².